The zero-order chi connectivity index (χ0) is 15.7. The second kappa shape index (κ2) is 5.61. The molecule has 0 unspecified atom stereocenters. The Morgan fingerprint density at radius 1 is 1.41 bits per heavy atom. The monoisotopic (exact) mass is 300 g/mol. The van der Waals surface area contributed by atoms with E-state index in [-0.39, 0.29) is 10.6 Å². The van der Waals surface area contributed by atoms with Gasteiger partial charge in [-0.05, 0) is 26.2 Å². The lowest BCUT2D eigenvalue weighted by Gasteiger charge is -2.08. The van der Waals surface area contributed by atoms with Crippen molar-refractivity contribution in [3.05, 3.63) is 47.0 Å². The van der Waals surface area contributed by atoms with Crippen molar-refractivity contribution in [3.8, 4) is 11.1 Å². The minimum Gasteiger partial charge on any atom is -0.472 e. The molecule has 2 aromatic heterocycles. The topological polar surface area (TPSA) is 77.3 Å². The average molecular weight is 300 g/mol. The predicted octanol–water partition coefficient (Wildman–Crippen LogP) is 2.77. The number of nitro groups is 1. The maximum Gasteiger partial charge on any atom is 0.278 e. The summed E-state index contributed by atoms with van der Waals surface area (Å²) in [7, 11) is 3.98. The fraction of sp³-hybridized carbons (Fsp3) is 0.267. The maximum atomic E-state index is 11.3. The van der Waals surface area contributed by atoms with E-state index >= 15 is 0 Å². The number of likely N-dealkylation sites (N-methyl/N-ethyl adjacent to an activating group) is 1. The molecule has 1 aromatic carbocycles. The van der Waals surface area contributed by atoms with E-state index in [1.165, 1.54) is 12.5 Å². The lowest BCUT2D eigenvalue weighted by atomic mass is 10.1. The lowest BCUT2D eigenvalue weighted by Crippen LogP contribution is -2.18. The number of aromatic nitrogens is 2. The highest BCUT2D eigenvalue weighted by atomic mass is 16.6. The molecule has 0 amide bonds. The third kappa shape index (κ3) is 2.71. The molecule has 0 N–H and O–H groups in total. The Hall–Kier alpha value is -2.67. The Kier molecular flexibility index (Phi) is 3.64. The molecule has 0 saturated heterocycles. The normalized spacial score (nSPS) is 11.4. The van der Waals surface area contributed by atoms with Gasteiger partial charge in [0.25, 0.3) is 5.69 Å². The number of fused-ring (bicyclic) bond motifs is 1. The van der Waals surface area contributed by atoms with Crippen LogP contribution in [0, 0.1) is 10.1 Å². The van der Waals surface area contributed by atoms with Gasteiger partial charge >= 0.3 is 0 Å². The standard InChI is InChI=1S/C15H16N4O3/c1-17(2)4-5-18-9-12-7-15(19(20)21)13(8-14(12)16-18)11-3-6-22-10-11/h3,6-10H,4-5H2,1-2H3. The van der Waals surface area contributed by atoms with E-state index < -0.39 is 0 Å². The van der Waals surface area contributed by atoms with Gasteiger partial charge in [-0.25, -0.2) is 0 Å². The van der Waals surface area contributed by atoms with Gasteiger partial charge < -0.3 is 9.32 Å². The molecule has 0 saturated carbocycles. The van der Waals surface area contributed by atoms with Crippen molar-refractivity contribution in [2.75, 3.05) is 20.6 Å². The van der Waals surface area contributed by atoms with Crippen LogP contribution in [0.25, 0.3) is 22.0 Å². The number of nitro benzene ring substituents is 1. The second-order valence-corrected chi connectivity index (χ2v) is 5.39. The molecule has 7 heteroatoms. The minimum atomic E-state index is -0.376. The van der Waals surface area contributed by atoms with E-state index in [0.717, 1.165) is 24.0 Å². The van der Waals surface area contributed by atoms with Gasteiger partial charge in [0.15, 0.2) is 0 Å². The van der Waals surface area contributed by atoms with Crippen molar-refractivity contribution in [1.29, 1.82) is 0 Å². The lowest BCUT2D eigenvalue weighted by molar-refractivity contribution is -0.384. The number of furan rings is 1. The summed E-state index contributed by atoms with van der Waals surface area (Å²) in [6.07, 6.45) is 4.83. The number of benzene rings is 1. The molecule has 114 valence electrons. The van der Waals surface area contributed by atoms with Crippen molar-refractivity contribution in [1.82, 2.24) is 14.7 Å². The minimum absolute atomic E-state index is 0.0565. The molecule has 0 radical (unpaired) electrons. The number of nitrogens with zero attached hydrogens (tertiary/aromatic N) is 4. The summed E-state index contributed by atoms with van der Waals surface area (Å²) in [6, 6.07) is 5.01. The Bertz CT molecular complexity index is 806. The summed E-state index contributed by atoms with van der Waals surface area (Å²) in [5.74, 6) is 0. The largest absolute Gasteiger partial charge is 0.472 e. The summed E-state index contributed by atoms with van der Waals surface area (Å²) in [4.78, 5) is 13.0. The van der Waals surface area contributed by atoms with E-state index in [1.807, 2.05) is 25.0 Å². The Labute approximate surface area is 126 Å². The van der Waals surface area contributed by atoms with Gasteiger partial charge in [0.05, 0.1) is 35.1 Å². The van der Waals surface area contributed by atoms with Crippen LogP contribution in [0.2, 0.25) is 0 Å². The van der Waals surface area contributed by atoms with Crippen LogP contribution in [-0.2, 0) is 6.54 Å². The number of hydrogen-bond acceptors (Lipinski definition) is 5. The maximum absolute atomic E-state index is 11.3. The van der Waals surface area contributed by atoms with Crippen LogP contribution in [0.4, 0.5) is 5.69 Å². The first kappa shape index (κ1) is 14.3. The smallest absolute Gasteiger partial charge is 0.278 e. The molecule has 0 fully saturated rings. The Morgan fingerprint density at radius 3 is 2.86 bits per heavy atom. The van der Waals surface area contributed by atoms with Crippen LogP contribution in [0.1, 0.15) is 0 Å². The molecule has 0 atom stereocenters. The molecule has 0 aliphatic heterocycles. The second-order valence-electron chi connectivity index (χ2n) is 5.39. The van der Waals surface area contributed by atoms with Gasteiger partial charge in [0.1, 0.15) is 0 Å². The van der Waals surface area contributed by atoms with Crippen LogP contribution < -0.4 is 0 Å². The molecule has 0 aliphatic rings. The van der Waals surface area contributed by atoms with Crippen molar-refractivity contribution in [2.24, 2.45) is 0 Å². The predicted molar refractivity (Wildman–Crippen MR) is 82.6 cm³/mol. The van der Waals surface area contributed by atoms with Gasteiger partial charge in [-0.3, -0.25) is 14.8 Å². The number of rotatable bonds is 5. The van der Waals surface area contributed by atoms with Crippen LogP contribution >= 0.6 is 0 Å². The van der Waals surface area contributed by atoms with Gasteiger partial charge in [-0.15, -0.1) is 0 Å². The van der Waals surface area contributed by atoms with Crippen LogP contribution in [-0.4, -0.2) is 40.2 Å². The fourth-order valence-corrected chi connectivity index (χ4v) is 2.33. The fourth-order valence-electron chi connectivity index (χ4n) is 2.33. The summed E-state index contributed by atoms with van der Waals surface area (Å²) in [6.45, 7) is 1.58. The molecule has 2 heterocycles. The van der Waals surface area contributed by atoms with E-state index in [9.17, 15) is 10.1 Å². The molecule has 3 rings (SSSR count). The third-order valence-corrected chi connectivity index (χ3v) is 3.47. The first-order valence-electron chi connectivity index (χ1n) is 6.87. The highest BCUT2D eigenvalue weighted by molar-refractivity contribution is 5.89. The van der Waals surface area contributed by atoms with Gasteiger partial charge in [-0.1, -0.05) is 0 Å². The quantitative estimate of drug-likeness (QED) is 0.535. The average Bonchev–Trinajstić information content (AvgIpc) is 3.12. The third-order valence-electron chi connectivity index (χ3n) is 3.47. The highest BCUT2D eigenvalue weighted by Crippen LogP contribution is 2.33. The van der Waals surface area contributed by atoms with Gasteiger partial charge in [-0.2, -0.15) is 5.10 Å². The Balaban J connectivity index is 2.07. The van der Waals surface area contributed by atoms with E-state index in [4.69, 9.17) is 4.42 Å². The van der Waals surface area contributed by atoms with Crippen molar-refractivity contribution in [2.45, 2.75) is 6.54 Å². The molecule has 3 aromatic rings. The first-order chi connectivity index (χ1) is 10.5. The summed E-state index contributed by atoms with van der Waals surface area (Å²) >= 11 is 0. The van der Waals surface area contributed by atoms with Crippen LogP contribution in [0.15, 0.2) is 41.3 Å². The molecule has 0 aliphatic carbocycles. The van der Waals surface area contributed by atoms with Gasteiger partial charge in [0.2, 0.25) is 0 Å². The Morgan fingerprint density at radius 2 is 2.23 bits per heavy atom. The molecular formula is C15H16N4O3. The van der Waals surface area contributed by atoms with E-state index in [2.05, 4.69) is 10.00 Å². The molecular weight excluding hydrogens is 284 g/mol. The summed E-state index contributed by atoms with van der Waals surface area (Å²) in [5, 5.41) is 16.6. The zero-order valence-electron chi connectivity index (χ0n) is 12.4. The highest BCUT2D eigenvalue weighted by Gasteiger charge is 2.19. The molecule has 7 nitrogen and oxygen atoms in total. The molecule has 0 bridgehead atoms. The van der Waals surface area contributed by atoms with Gasteiger partial charge in [0, 0.05) is 29.8 Å². The summed E-state index contributed by atoms with van der Waals surface area (Å²) < 4.78 is 6.85. The SMILES string of the molecule is CN(C)CCn1cc2cc([N+](=O)[O-])c(-c3ccoc3)cc2n1. The van der Waals surface area contributed by atoms with Crippen molar-refractivity contribution < 1.29 is 9.34 Å². The van der Waals surface area contributed by atoms with E-state index in [1.54, 1.807) is 18.2 Å². The van der Waals surface area contributed by atoms with E-state index in [0.29, 0.717) is 11.1 Å². The molecule has 0 spiro atoms. The summed E-state index contributed by atoms with van der Waals surface area (Å²) in [5.41, 5.74) is 1.99. The first-order valence-corrected chi connectivity index (χ1v) is 6.87. The van der Waals surface area contributed by atoms with Crippen LogP contribution in [0.5, 0.6) is 0 Å². The number of hydrogen-bond donors (Lipinski definition) is 0. The zero-order valence-corrected chi connectivity index (χ0v) is 12.4. The van der Waals surface area contributed by atoms with Crippen LogP contribution in [0.3, 0.4) is 0 Å². The van der Waals surface area contributed by atoms with Crippen molar-refractivity contribution >= 4 is 16.6 Å². The molecule has 22 heavy (non-hydrogen) atoms. The van der Waals surface area contributed by atoms with Crippen molar-refractivity contribution in [3.63, 3.8) is 0 Å².